The Labute approximate surface area is 185 Å². The predicted molar refractivity (Wildman–Crippen MR) is 124 cm³/mol. The van der Waals surface area contributed by atoms with Gasteiger partial charge in [0.2, 0.25) is 11.8 Å². The lowest BCUT2D eigenvalue weighted by Crippen LogP contribution is -2.47. The summed E-state index contributed by atoms with van der Waals surface area (Å²) < 4.78 is 0. The summed E-state index contributed by atoms with van der Waals surface area (Å²) in [6.07, 6.45) is 8.31. The zero-order valence-electron chi connectivity index (χ0n) is 18.4. The first-order valence-corrected chi connectivity index (χ1v) is 12.0. The van der Waals surface area contributed by atoms with Crippen LogP contribution in [0.15, 0.2) is 24.3 Å². The van der Waals surface area contributed by atoms with Crippen LogP contribution in [0.3, 0.4) is 0 Å². The quantitative estimate of drug-likeness (QED) is 0.498. The smallest absolute Gasteiger partial charge is 0.249 e. The molecule has 0 radical (unpaired) electrons. The second-order valence-corrected chi connectivity index (χ2v) is 9.56. The second-order valence-electron chi connectivity index (χ2n) is 9.56. The Kier molecular flexibility index (Phi) is 7.45. The molecule has 1 aromatic carbocycles. The number of carbonyl (C=O) groups is 2. The van der Waals surface area contributed by atoms with Crippen LogP contribution in [-0.4, -0.2) is 50.1 Å². The molecule has 7 nitrogen and oxygen atoms in total. The molecular weight excluding hydrogens is 390 g/mol. The van der Waals surface area contributed by atoms with Crippen LogP contribution in [0.25, 0.3) is 0 Å². The highest BCUT2D eigenvalue weighted by Gasteiger charge is 2.26. The molecule has 4 rings (SSSR count). The van der Waals surface area contributed by atoms with Crippen molar-refractivity contribution in [3.63, 3.8) is 0 Å². The molecule has 1 unspecified atom stereocenters. The Morgan fingerprint density at radius 2 is 1.55 bits per heavy atom. The van der Waals surface area contributed by atoms with Crippen molar-refractivity contribution in [2.45, 2.75) is 63.5 Å². The molecule has 3 fully saturated rings. The molecule has 1 saturated carbocycles. The number of nitrogens with zero attached hydrogens (tertiary/aromatic N) is 1. The number of imide groups is 1. The summed E-state index contributed by atoms with van der Waals surface area (Å²) in [6, 6.07) is 8.41. The molecule has 2 amide bonds. The number of hydrogen-bond acceptors (Lipinski definition) is 6. The summed E-state index contributed by atoms with van der Waals surface area (Å²) in [5.41, 5.74) is 8.16. The van der Waals surface area contributed by atoms with Crippen LogP contribution in [-0.2, 0) is 9.59 Å². The number of anilines is 2. The van der Waals surface area contributed by atoms with E-state index in [9.17, 15) is 9.59 Å². The minimum atomic E-state index is -0.336. The van der Waals surface area contributed by atoms with Crippen molar-refractivity contribution in [1.82, 2.24) is 10.6 Å². The number of amides is 2. The van der Waals surface area contributed by atoms with Crippen molar-refractivity contribution in [2.24, 2.45) is 17.6 Å². The molecule has 5 N–H and O–H groups in total. The molecule has 31 heavy (non-hydrogen) atoms. The SMILES string of the molecule is NC1CCC(CNCC2CCN(c3ccc(NC4CCC(=O)NC4=O)cc3)CC2)CC1. The van der Waals surface area contributed by atoms with Crippen LogP contribution in [0.1, 0.15) is 51.4 Å². The highest BCUT2D eigenvalue weighted by molar-refractivity contribution is 6.01. The number of nitrogens with one attached hydrogen (secondary N) is 3. The fourth-order valence-electron chi connectivity index (χ4n) is 5.08. The van der Waals surface area contributed by atoms with Crippen LogP contribution < -0.4 is 26.6 Å². The predicted octanol–water partition coefficient (Wildman–Crippen LogP) is 2.23. The van der Waals surface area contributed by atoms with Gasteiger partial charge in [-0.2, -0.15) is 0 Å². The van der Waals surface area contributed by atoms with Crippen LogP contribution in [0.4, 0.5) is 11.4 Å². The van der Waals surface area contributed by atoms with Crippen molar-refractivity contribution in [3.05, 3.63) is 24.3 Å². The van der Waals surface area contributed by atoms with Gasteiger partial charge in [-0.05, 0) is 94.1 Å². The van der Waals surface area contributed by atoms with E-state index in [4.69, 9.17) is 5.73 Å². The normalized spacial score (nSPS) is 27.8. The molecule has 3 aliphatic rings. The van der Waals surface area contributed by atoms with Gasteiger partial charge < -0.3 is 21.3 Å². The minimum Gasteiger partial charge on any atom is -0.374 e. The van der Waals surface area contributed by atoms with Crippen LogP contribution >= 0.6 is 0 Å². The van der Waals surface area contributed by atoms with Crippen molar-refractivity contribution in [3.8, 4) is 0 Å². The van der Waals surface area contributed by atoms with Gasteiger partial charge in [0.15, 0.2) is 0 Å². The van der Waals surface area contributed by atoms with E-state index < -0.39 is 0 Å². The molecular formula is C24H37N5O2. The van der Waals surface area contributed by atoms with Crippen molar-refractivity contribution in [1.29, 1.82) is 0 Å². The number of nitrogens with two attached hydrogens (primary N) is 1. The van der Waals surface area contributed by atoms with Gasteiger partial charge in [-0.1, -0.05) is 0 Å². The van der Waals surface area contributed by atoms with E-state index >= 15 is 0 Å². The highest BCUT2D eigenvalue weighted by atomic mass is 16.2. The lowest BCUT2D eigenvalue weighted by Gasteiger charge is -2.34. The van der Waals surface area contributed by atoms with E-state index in [2.05, 4.69) is 33.0 Å². The van der Waals surface area contributed by atoms with E-state index in [1.165, 1.54) is 44.2 Å². The number of hydrogen-bond donors (Lipinski definition) is 4. The fraction of sp³-hybridized carbons (Fsp3) is 0.667. The lowest BCUT2D eigenvalue weighted by atomic mass is 9.86. The average Bonchev–Trinajstić information content (AvgIpc) is 2.78. The molecule has 1 aliphatic carbocycles. The molecule has 2 heterocycles. The molecule has 1 aromatic rings. The summed E-state index contributed by atoms with van der Waals surface area (Å²) in [4.78, 5) is 25.7. The first-order valence-electron chi connectivity index (χ1n) is 12.0. The molecule has 2 saturated heterocycles. The molecule has 170 valence electrons. The summed E-state index contributed by atoms with van der Waals surface area (Å²) in [5.74, 6) is 1.15. The van der Waals surface area contributed by atoms with Crippen LogP contribution in [0, 0.1) is 11.8 Å². The molecule has 7 heteroatoms. The molecule has 0 bridgehead atoms. The summed E-state index contributed by atoms with van der Waals surface area (Å²) in [6.45, 7) is 4.45. The van der Waals surface area contributed by atoms with Gasteiger partial charge in [-0.15, -0.1) is 0 Å². The highest BCUT2D eigenvalue weighted by Crippen LogP contribution is 2.26. The van der Waals surface area contributed by atoms with Gasteiger partial charge in [0.05, 0.1) is 0 Å². The van der Waals surface area contributed by atoms with Crippen LogP contribution in [0.5, 0.6) is 0 Å². The lowest BCUT2D eigenvalue weighted by molar-refractivity contribution is -0.133. The van der Waals surface area contributed by atoms with Crippen molar-refractivity contribution >= 4 is 23.2 Å². The van der Waals surface area contributed by atoms with E-state index in [1.807, 2.05) is 12.1 Å². The first kappa shape index (κ1) is 22.1. The summed E-state index contributed by atoms with van der Waals surface area (Å²) >= 11 is 0. The minimum absolute atomic E-state index is 0.185. The maximum absolute atomic E-state index is 11.9. The zero-order chi connectivity index (χ0) is 21.6. The van der Waals surface area contributed by atoms with Gasteiger partial charge in [0, 0.05) is 36.9 Å². The summed E-state index contributed by atoms with van der Waals surface area (Å²) in [5, 5.41) is 9.36. The molecule has 0 spiro atoms. The van der Waals surface area contributed by atoms with Gasteiger partial charge in [-0.25, -0.2) is 0 Å². The monoisotopic (exact) mass is 427 g/mol. The molecule has 1 atom stereocenters. The van der Waals surface area contributed by atoms with Gasteiger partial charge in [0.25, 0.3) is 0 Å². The Bertz CT molecular complexity index is 737. The first-order chi connectivity index (χ1) is 15.1. The number of rotatable bonds is 7. The topological polar surface area (TPSA) is 99.5 Å². The largest absolute Gasteiger partial charge is 0.374 e. The number of piperidine rings is 2. The third kappa shape index (κ3) is 6.20. The third-order valence-corrected chi connectivity index (χ3v) is 7.18. The molecule has 2 aliphatic heterocycles. The van der Waals surface area contributed by atoms with Crippen molar-refractivity contribution in [2.75, 3.05) is 36.4 Å². The third-order valence-electron chi connectivity index (χ3n) is 7.18. The number of benzene rings is 1. The average molecular weight is 428 g/mol. The Balaban J connectivity index is 1.17. The van der Waals surface area contributed by atoms with Gasteiger partial charge in [-0.3, -0.25) is 14.9 Å². The van der Waals surface area contributed by atoms with E-state index in [-0.39, 0.29) is 17.9 Å². The number of carbonyl (C=O) groups excluding carboxylic acids is 2. The van der Waals surface area contributed by atoms with Crippen molar-refractivity contribution < 1.29 is 9.59 Å². The van der Waals surface area contributed by atoms with E-state index in [1.54, 1.807) is 0 Å². The summed E-state index contributed by atoms with van der Waals surface area (Å²) in [7, 11) is 0. The van der Waals surface area contributed by atoms with E-state index in [0.717, 1.165) is 43.7 Å². The van der Waals surface area contributed by atoms with Gasteiger partial charge in [0.1, 0.15) is 6.04 Å². The maximum atomic E-state index is 11.9. The van der Waals surface area contributed by atoms with Crippen LogP contribution in [0.2, 0.25) is 0 Å². The van der Waals surface area contributed by atoms with E-state index in [0.29, 0.717) is 18.9 Å². The Morgan fingerprint density at radius 1 is 0.903 bits per heavy atom. The Hall–Kier alpha value is -2.12. The standard InChI is InChI=1S/C24H37N5O2/c25-19-3-1-17(2-4-19)15-26-16-18-11-13-29(14-12-18)21-7-5-20(6-8-21)27-22-9-10-23(30)28-24(22)31/h5-8,17-19,22,26-27H,1-4,9-16,25H2,(H,28,30,31). The molecule has 0 aromatic heterocycles. The second kappa shape index (κ2) is 10.5. The Morgan fingerprint density at radius 3 is 2.19 bits per heavy atom. The van der Waals surface area contributed by atoms with Gasteiger partial charge >= 0.3 is 0 Å². The zero-order valence-corrected chi connectivity index (χ0v) is 18.4. The fourth-order valence-corrected chi connectivity index (χ4v) is 5.08. The maximum Gasteiger partial charge on any atom is 0.249 e.